The van der Waals surface area contributed by atoms with Gasteiger partial charge in [0.15, 0.2) is 0 Å². The second-order valence-electron chi connectivity index (χ2n) is 4.29. The lowest BCUT2D eigenvalue weighted by molar-refractivity contribution is 0.798. The Bertz CT molecular complexity index is 754. The molecule has 0 aliphatic rings. The monoisotopic (exact) mass is 352 g/mol. The molecule has 0 atom stereocenters. The fourth-order valence-electron chi connectivity index (χ4n) is 2.26. The molecular formula is C14H14BrClN4. The zero-order valence-electron chi connectivity index (χ0n) is 10.9. The van der Waals surface area contributed by atoms with Gasteiger partial charge in [0.1, 0.15) is 0 Å². The van der Waals surface area contributed by atoms with Crippen LogP contribution in [0.4, 0.5) is 5.95 Å². The van der Waals surface area contributed by atoms with Crippen molar-refractivity contribution < 1.29 is 0 Å². The molecule has 3 rings (SSSR count). The summed E-state index contributed by atoms with van der Waals surface area (Å²) in [6.07, 6.45) is 3.80. The first-order chi connectivity index (χ1) is 9.19. The van der Waals surface area contributed by atoms with Gasteiger partial charge >= 0.3 is 0 Å². The van der Waals surface area contributed by atoms with Crippen LogP contribution < -0.4 is 5.73 Å². The van der Waals surface area contributed by atoms with Crippen LogP contribution in [0.1, 0.15) is 6.92 Å². The number of benzene rings is 1. The molecule has 1 aromatic carbocycles. The molecule has 0 spiro atoms. The van der Waals surface area contributed by atoms with Gasteiger partial charge in [-0.25, -0.2) is 9.97 Å². The van der Waals surface area contributed by atoms with Crippen molar-refractivity contribution in [2.75, 3.05) is 5.73 Å². The van der Waals surface area contributed by atoms with Crippen molar-refractivity contribution in [3.8, 4) is 11.3 Å². The number of aryl methyl sites for hydroxylation is 1. The molecule has 0 saturated carbocycles. The van der Waals surface area contributed by atoms with Gasteiger partial charge in [0.25, 0.3) is 0 Å². The summed E-state index contributed by atoms with van der Waals surface area (Å²) in [5, 5.41) is 1.16. The third kappa shape index (κ3) is 2.51. The van der Waals surface area contributed by atoms with Crippen molar-refractivity contribution in [3.63, 3.8) is 0 Å². The lowest BCUT2D eigenvalue weighted by Crippen LogP contribution is -1.94. The molecule has 2 aromatic heterocycles. The Kier molecular flexibility index (Phi) is 4.30. The molecule has 4 nitrogen and oxygen atoms in total. The Balaban J connectivity index is 0.00000147. The minimum Gasteiger partial charge on any atom is -0.368 e. The van der Waals surface area contributed by atoms with Crippen LogP contribution in [0.15, 0.2) is 41.1 Å². The van der Waals surface area contributed by atoms with Gasteiger partial charge in [-0.2, -0.15) is 0 Å². The first kappa shape index (κ1) is 14.8. The SMILES string of the molecule is CCn1cc(-c2ccnc(N)n2)c2cc(Br)ccc21.Cl. The Hall–Kier alpha value is -1.59. The van der Waals surface area contributed by atoms with E-state index in [0.717, 1.165) is 27.7 Å². The average Bonchev–Trinajstić information content (AvgIpc) is 2.76. The molecule has 0 fully saturated rings. The summed E-state index contributed by atoms with van der Waals surface area (Å²) in [5.41, 5.74) is 8.79. The highest BCUT2D eigenvalue weighted by molar-refractivity contribution is 9.10. The number of anilines is 1. The summed E-state index contributed by atoms with van der Waals surface area (Å²) in [5.74, 6) is 0.296. The number of nitrogens with zero attached hydrogens (tertiary/aromatic N) is 3. The van der Waals surface area contributed by atoms with Crippen molar-refractivity contribution in [1.29, 1.82) is 0 Å². The van der Waals surface area contributed by atoms with Crippen molar-refractivity contribution in [2.45, 2.75) is 13.5 Å². The van der Waals surface area contributed by atoms with Crippen LogP contribution in [0.2, 0.25) is 0 Å². The van der Waals surface area contributed by atoms with Crippen LogP contribution in [0, 0.1) is 0 Å². The van der Waals surface area contributed by atoms with Gasteiger partial charge in [-0.15, -0.1) is 12.4 Å². The number of hydrogen-bond donors (Lipinski definition) is 1. The predicted octanol–water partition coefficient (Wildman–Crippen LogP) is 3.88. The van der Waals surface area contributed by atoms with E-state index in [0.29, 0.717) is 5.95 Å². The summed E-state index contributed by atoms with van der Waals surface area (Å²) in [6.45, 7) is 3.04. The number of nitrogen functional groups attached to an aromatic ring is 1. The van der Waals surface area contributed by atoms with Crippen molar-refractivity contribution >= 4 is 45.2 Å². The quantitative estimate of drug-likeness (QED) is 0.760. The second-order valence-corrected chi connectivity index (χ2v) is 5.21. The van der Waals surface area contributed by atoms with Crippen LogP contribution in [-0.2, 0) is 6.54 Å². The first-order valence-electron chi connectivity index (χ1n) is 6.06. The van der Waals surface area contributed by atoms with Gasteiger partial charge in [0, 0.05) is 39.9 Å². The van der Waals surface area contributed by atoms with E-state index in [4.69, 9.17) is 5.73 Å². The fraction of sp³-hybridized carbons (Fsp3) is 0.143. The summed E-state index contributed by atoms with van der Waals surface area (Å²) in [7, 11) is 0. The van der Waals surface area contributed by atoms with Crippen LogP contribution >= 0.6 is 28.3 Å². The number of rotatable bonds is 2. The molecule has 2 N–H and O–H groups in total. The molecule has 3 aromatic rings. The predicted molar refractivity (Wildman–Crippen MR) is 88.0 cm³/mol. The third-order valence-electron chi connectivity index (χ3n) is 3.13. The maximum atomic E-state index is 5.67. The largest absolute Gasteiger partial charge is 0.368 e. The summed E-state index contributed by atoms with van der Waals surface area (Å²) in [4.78, 5) is 8.25. The third-order valence-corrected chi connectivity index (χ3v) is 3.63. The minimum atomic E-state index is 0. The summed E-state index contributed by atoms with van der Waals surface area (Å²) >= 11 is 3.52. The van der Waals surface area contributed by atoms with E-state index >= 15 is 0 Å². The normalized spacial score (nSPS) is 10.5. The van der Waals surface area contributed by atoms with Crippen molar-refractivity contribution in [3.05, 3.63) is 41.1 Å². The molecule has 0 aliphatic carbocycles. The topological polar surface area (TPSA) is 56.7 Å². The van der Waals surface area contributed by atoms with Gasteiger partial charge in [-0.05, 0) is 31.2 Å². The van der Waals surface area contributed by atoms with Gasteiger partial charge in [0.05, 0.1) is 5.69 Å². The number of hydrogen-bond acceptors (Lipinski definition) is 3. The molecule has 0 saturated heterocycles. The molecular weight excluding hydrogens is 340 g/mol. The van der Waals surface area contributed by atoms with Gasteiger partial charge in [-0.1, -0.05) is 15.9 Å². The summed E-state index contributed by atoms with van der Waals surface area (Å²) < 4.78 is 3.26. The molecule has 0 amide bonds. The van der Waals surface area contributed by atoms with E-state index in [1.165, 1.54) is 5.52 Å². The smallest absolute Gasteiger partial charge is 0.220 e. The molecule has 20 heavy (non-hydrogen) atoms. The Morgan fingerprint density at radius 1 is 1.30 bits per heavy atom. The highest BCUT2D eigenvalue weighted by Crippen LogP contribution is 2.31. The molecule has 0 aliphatic heterocycles. The first-order valence-corrected chi connectivity index (χ1v) is 6.85. The molecule has 2 heterocycles. The molecule has 0 unspecified atom stereocenters. The minimum absolute atomic E-state index is 0. The van der Waals surface area contributed by atoms with E-state index in [1.807, 2.05) is 12.1 Å². The van der Waals surface area contributed by atoms with Crippen LogP contribution in [0.3, 0.4) is 0 Å². The number of nitrogens with two attached hydrogens (primary N) is 1. The van der Waals surface area contributed by atoms with Crippen LogP contribution in [0.25, 0.3) is 22.2 Å². The van der Waals surface area contributed by atoms with Gasteiger partial charge < -0.3 is 10.3 Å². The van der Waals surface area contributed by atoms with Crippen LogP contribution in [0.5, 0.6) is 0 Å². The van der Waals surface area contributed by atoms with E-state index in [9.17, 15) is 0 Å². The standard InChI is InChI=1S/C14H13BrN4.ClH/c1-2-19-8-11(12-5-6-17-14(16)18-12)10-7-9(15)3-4-13(10)19;/h3-8H,2H2,1H3,(H2,16,17,18);1H. The lowest BCUT2D eigenvalue weighted by Gasteiger charge is -2.00. The van der Waals surface area contributed by atoms with Gasteiger partial charge in [0.2, 0.25) is 5.95 Å². The Labute approximate surface area is 131 Å². The highest BCUT2D eigenvalue weighted by atomic mass is 79.9. The highest BCUT2D eigenvalue weighted by Gasteiger charge is 2.11. The molecule has 0 radical (unpaired) electrons. The number of aromatic nitrogens is 3. The Morgan fingerprint density at radius 3 is 2.80 bits per heavy atom. The number of halogens is 2. The molecule has 6 heteroatoms. The van der Waals surface area contributed by atoms with Crippen molar-refractivity contribution in [1.82, 2.24) is 14.5 Å². The fourth-order valence-corrected chi connectivity index (χ4v) is 2.62. The lowest BCUT2D eigenvalue weighted by atomic mass is 10.1. The maximum absolute atomic E-state index is 5.67. The van der Waals surface area contributed by atoms with E-state index in [1.54, 1.807) is 6.20 Å². The maximum Gasteiger partial charge on any atom is 0.220 e. The van der Waals surface area contributed by atoms with E-state index in [-0.39, 0.29) is 12.4 Å². The Morgan fingerprint density at radius 2 is 2.10 bits per heavy atom. The average molecular weight is 354 g/mol. The van der Waals surface area contributed by atoms with Crippen LogP contribution in [-0.4, -0.2) is 14.5 Å². The number of fused-ring (bicyclic) bond motifs is 1. The van der Waals surface area contributed by atoms with Crippen molar-refractivity contribution in [2.24, 2.45) is 0 Å². The zero-order valence-corrected chi connectivity index (χ0v) is 13.3. The van der Waals surface area contributed by atoms with Gasteiger partial charge in [-0.3, -0.25) is 0 Å². The summed E-state index contributed by atoms with van der Waals surface area (Å²) in [6, 6.07) is 8.14. The van der Waals surface area contributed by atoms with E-state index < -0.39 is 0 Å². The second kappa shape index (κ2) is 5.81. The molecule has 0 bridgehead atoms. The van der Waals surface area contributed by atoms with E-state index in [2.05, 4.69) is 55.7 Å². The zero-order chi connectivity index (χ0) is 13.4. The molecule has 104 valence electrons.